The zero-order chi connectivity index (χ0) is 18.2. The van der Waals surface area contributed by atoms with Gasteiger partial charge in [-0.2, -0.15) is 18.3 Å². The number of hydrogen-bond donors (Lipinski definition) is 3. The monoisotopic (exact) mass is 359 g/mol. The Bertz CT molecular complexity index is 710. The van der Waals surface area contributed by atoms with Crippen molar-refractivity contribution in [1.82, 2.24) is 15.2 Å². The second-order valence-electron chi connectivity index (χ2n) is 5.70. The molecule has 1 saturated heterocycles. The van der Waals surface area contributed by atoms with E-state index in [-0.39, 0.29) is 5.88 Å². The lowest BCUT2D eigenvalue weighted by molar-refractivity contribution is -0.214. The largest absolute Gasteiger partial charge is 0.468 e. The molecule has 7 nitrogen and oxygen atoms in total. The number of alkyl halides is 3. The Labute approximate surface area is 140 Å². The highest BCUT2D eigenvalue weighted by Crippen LogP contribution is 2.34. The van der Waals surface area contributed by atoms with Crippen LogP contribution < -0.4 is 4.74 Å². The Hall–Kier alpha value is -2.17. The van der Waals surface area contributed by atoms with Crippen molar-refractivity contribution in [3.63, 3.8) is 0 Å². The summed E-state index contributed by atoms with van der Waals surface area (Å²) in [4.78, 5) is 3.41. The molecule has 0 bridgehead atoms. The maximum Gasteiger partial charge on any atom is 0.433 e. The first-order valence-corrected chi connectivity index (χ1v) is 7.49. The van der Waals surface area contributed by atoms with Crippen LogP contribution in [0.3, 0.4) is 0 Å². The molecule has 3 rings (SSSR count). The van der Waals surface area contributed by atoms with Crippen molar-refractivity contribution in [3.05, 3.63) is 41.9 Å². The number of rotatable bonds is 3. The first-order chi connectivity index (χ1) is 11.8. The SMILES string of the molecule is C[C@H]1O[C@H](c2ccn[nH]2)[C@H](Oc2cccc(C(F)(F)F)n2)[C@@H](O)[C@H]1O. The van der Waals surface area contributed by atoms with E-state index >= 15 is 0 Å². The van der Waals surface area contributed by atoms with Crippen LogP contribution >= 0.6 is 0 Å². The zero-order valence-electron chi connectivity index (χ0n) is 13.0. The third-order valence-electron chi connectivity index (χ3n) is 3.93. The number of ether oxygens (including phenoxy) is 2. The minimum atomic E-state index is -4.63. The van der Waals surface area contributed by atoms with Crippen LogP contribution in [0.1, 0.15) is 24.4 Å². The summed E-state index contributed by atoms with van der Waals surface area (Å²) < 4.78 is 49.5. The summed E-state index contributed by atoms with van der Waals surface area (Å²) in [5.74, 6) is -0.339. The fourth-order valence-corrected chi connectivity index (χ4v) is 2.62. The number of halogens is 3. The molecule has 25 heavy (non-hydrogen) atoms. The lowest BCUT2D eigenvalue weighted by atomic mass is 9.94. The molecule has 136 valence electrons. The molecule has 3 heterocycles. The van der Waals surface area contributed by atoms with E-state index in [1.165, 1.54) is 12.3 Å². The van der Waals surface area contributed by atoms with Crippen molar-refractivity contribution in [2.75, 3.05) is 0 Å². The van der Waals surface area contributed by atoms with Crippen molar-refractivity contribution < 1.29 is 32.9 Å². The summed E-state index contributed by atoms with van der Waals surface area (Å²) in [7, 11) is 0. The molecule has 0 spiro atoms. The second-order valence-corrected chi connectivity index (χ2v) is 5.70. The second kappa shape index (κ2) is 6.62. The van der Waals surface area contributed by atoms with Gasteiger partial charge in [0.25, 0.3) is 0 Å². The van der Waals surface area contributed by atoms with Crippen LogP contribution in [-0.2, 0) is 10.9 Å². The minimum absolute atomic E-state index is 0.339. The van der Waals surface area contributed by atoms with Crippen molar-refractivity contribution >= 4 is 0 Å². The molecule has 1 aliphatic heterocycles. The third kappa shape index (κ3) is 3.60. The van der Waals surface area contributed by atoms with Crippen molar-refractivity contribution in [1.29, 1.82) is 0 Å². The number of nitrogens with one attached hydrogen (secondary N) is 1. The summed E-state index contributed by atoms with van der Waals surface area (Å²) in [6.45, 7) is 1.57. The van der Waals surface area contributed by atoms with Crippen LogP contribution in [0.5, 0.6) is 5.88 Å². The molecule has 0 radical (unpaired) electrons. The quantitative estimate of drug-likeness (QED) is 0.767. The van der Waals surface area contributed by atoms with E-state index in [2.05, 4.69) is 15.2 Å². The molecule has 0 aromatic carbocycles. The van der Waals surface area contributed by atoms with Gasteiger partial charge in [-0.05, 0) is 19.1 Å². The third-order valence-corrected chi connectivity index (χ3v) is 3.93. The van der Waals surface area contributed by atoms with Crippen LogP contribution in [0.15, 0.2) is 30.5 Å². The lowest BCUT2D eigenvalue weighted by Crippen LogP contribution is -2.55. The Morgan fingerprint density at radius 2 is 1.96 bits per heavy atom. The fourth-order valence-electron chi connectivity index (χ4n) is 2.62. The van der Waals surface area contributed by atoms with Gasteiger partial charge in [0.1, 0.15) is 24.0 Å². The van der Waals surface area contributed by atoms with E-state index in [0.717, 1.165) is 12.1 Å². The summed E-state index contributed by atoms with van der Waals surface area (Å²) >= 11 is 0. The van der Waals surface area contributed by atoms with E-state index in [4.69, 9.17) is 9.47 Å². The zero-order valence-corrected chi connectivity index (χ0v) is 13.0. The average molecular weight is 359 g/mol. The molecule has 10 heteroatoms. The Morgan fingerprint density at radius 1 is 1.20 bits per heavy atom. The summed E-state index contributed by atoms with van der Waals surface area (Å²) in [6, 6.07) is 4.77. The molecule has 2 aromatic heterocycles. The summed E-state index contributed by atoms with van der Waals surface area (Å²) in [6.07, 6.45) is -8.59. The number of aliphatic hydroxyl groups is 2. The van der Waals surface area contributed by atoms with Gasteiger partial charge in [-0.3, -0.25) is 5.10 Å². The highest BCUT2D eigenvalue weighted by atomic mass is 19.4. The maximum atomic E-state index is 12.8. The van der Waals surface area contributed by atoms with Gasteiger partial charge >= 0.3 is 6.18 Å². The predicted molar refractivity (Wildman–Crippen MR) is 77.5 cm³/mol. The van der Waals surface area contributed by atoms with Gasteiger partial charge in [0.2, 0.25) is 5.88 Å². The number of nitrogens with zero attached hydrogens (tertiary/aromatic N) is 2. The minimum Gasteiger partial charge on any atom is -0.468 e. The normalized spacial score (nSPS) is 30.2. The van der Waals surface area contributed by atoms with E-state index < -0.39 is 42.4 Å². The van der Waals surface area contributed by atoms with Gasteiger partial charge in [-0.25, -0.2) is 4.98 Å². The fraction of sp³-hybridized carbons (Fsp3) is 0.467. The number of aromatic amines is 1. The van der Waals surface area contributed by atoms with Crippen LogP contribution in [-0.4, -0.2) is 49.8 Å². The van der Waals surface area contributed by atoms with E-state index in [0.29, 0.717) is 5.69 Å². The standard InChI is InChI=1S/C15H16F3N3O4/c1-7-11(22)12(23)14(13(24-7)8-5-6-19-21-8)25-10-4-2-3-9(20-10)15(16,17)18/h2-7,11-14,22-23H,1H3,(H,19,21)/t7-,11+,12+,13-,14-/m1/s1. The van der Waals surface area contributed by atoms with Crippen LogP contribution in [0.25, 0.3) is 0 Å². The average Bonchev–Trinajstić information content (AvgIpc) is 3.09. The lowest BCUT2D eigenvalue weighted by Gasteiger charge is -2.40. The van der Waals surface area contributed by atoms with Gasteiger partial charge in [-0.1, -0.05) is 6.07 Å². The van der Waals surface area contributed by atoms with Gasteiger partial charge in [-0.15, -0.1) is 0 Å². The molecule has 1 aliphatic rings. The first kappa shape index (κ1) is 17.6. The molecule has 0 saturated carbocycles. The van der Waals surface area contributed by atoms with Gasteiger partial charge in [0.15, 0.2) is 6.10 Å². The smallest absolute Gasteiger partial charge is 0.433 e. The number of hydrogen-bond acceptors (Lipinski definition) is 6. The van der Waals surface area contributed by atoms with Crippen molar-refractivity contribution in [2.24, 2.45) is 0 Å². The summed E-state index contributed by atoms with van der Waals surface area (Å²) in [5, 5.41) is 26.8. The van der Waals surface area contributed by atoms with E-state index in [9.17, 15) is 23.4 Å². The molecule has 1 fully saturated rings. The number of aliphatic hydroxyl groups excluding tert-OH is 2. The van der Waals surface area contributed by atoms with E-state index in [1.807, 2.05) is 0 Å². The Balaban J connectivity index is 1.89. The van der Waals surface area contributed by atoms with Crippen LogP contribution in [0.2, 0.25) is 0 Å². The van der Waals surface area contributed by atoms with Crippen molar-refractivity contribution in [3.8, 4) is 5.88 Å². The van der Waals surface area contributed by atoms with Gasteiger partial charge < -0.3 is 19.7 Å². The highest BCUT2D eigenvalue weighted by Gasteiger charge is 2.46. The van der Waals surface area contributed by atoms with Gasteiger partial charge in [0.05, 0.1) is 11.8 Å². The molecule has 3 N–H and O–H groups in total. The molecule has 0 amide bonds. The Morgan fingerprint density at radius 3 is 2.60 bits per heavy atom. The molecular weight excluding hydrogens is 343 g/mol. The van der Waals surface area contributed by atoms with Crippen molar-refractivity contribution in [2.45, 2.75) is 43.6 Å². The number of aromatic nitrogens is 3. The van der Waals surface area contributed by atoms with Gasteiger partial charge in [0, 0.05) is 12.3 Å². The number of H-pyrrole nitrogens is 1. The van der Waals surface area contributed by atoms with Crippen LogP contribution in [0, 0.1) is 0 Å². The Kier molecular flexibility index (Phi) is 4.67. The maximum absolute atomic E-state index is 12.8. The highest BCUT2D eigenvalue weighted by molar-refractivity contribution is 5.19. The molecule has 0 aliphatic carbocycles. The topological polar surface area (TPSA) is 100 Å². The molecular formula is C15H16F3N3O4. The first-order valence-electron chi connectivity index (χ1n) is 7.49. The molecule has 2 aromatic rings. The predicted octanol–water partition coefficient (Wildman–Crippen LogP) is 1.45. The molecule has 5 atom stereocenters. The molecule has 0 unspecified atom stereocenters. The summed E-state index contributed by atoms with van der Waals surface area (Å²) in [5.41, 5.74) is -0.669. The number of pyridine rings is 1. The van der Waals surface area contributed by atoms with Crippen LogP contribution in [0.4, 0.5) is 13.2 Å². The van der Waals surface area contributed by atoms with E-state index in [1.54, 1.807) is 13.0 Å².